The lowest BCUT2D eigenvalue weighted by Gasteiger charge is -2.07. The lowest BCUT2D eigenvalue weighted by atomic mass is 10.1. The van der Waals surface area contributed by atoms with Crippen molar-refractivity contribution in [2.75, 3.05) is 17.2 Å². The molecule has 5 rings (SSSR count). The van der Waals surface area contributed by atoms with Gasteiger partial charge < -0.3 is 17.2 Å². The zero-order chi connectivity index (χ0) is 27.6. The van der Waals surface area contributed by atoms with Gasteiger partial charge in [0.25, 0.3) is 10.1 Å². The summed E-state index contributed by atoms with van der Waals surface area (Å²) in [6.45, 7) is 0. The number of nitrogens with two attached hydrogens (primary N) is 3. The fraction of sp³-hybridized carbons (Fsp3) is 0. The Kier molecular flexibility index (Phi) is 6.75. The van der Waals surface area contributed by atoms with E-state index < -0.39 is 10.1 Å². The summed E-state index contributed by atoms with van der Waals surface area (Å²) in [5, 5.41) is 18.1. The third-order valence-corrected chi connectivity index (χ3v) is 6.81. The minimum absolute atomic E-state index is 0.247. The fourth-order valence-electron chi connectivity index (χ4n) is 3.91. The van der Waals surface area contributed by atoms with E-state index in [1.807, 2.05) is 48.5 Å². The molecule has 0 aliphatic carbocycles. The van der Waals surface area contributed by atoms with Gasteiger partial charge in [0.15, 0.2) is 0 Å². The quantitative estimate of drug-likeness (QED) is 0.0998. The maximum atomic E-state index is 11.6. The molecule has 10 nitrogen and oxygen atoms in total. The molecule has 0 saturated heterocycles. The Labute approximate surface area is 224 Å². The third-order valence-electron chi connectivity index (χ3n) is 5.96. The molecule has 0 aliphatic rings. The smallest absolute Gasteiger partial charge is 0.294 e. The first-order chi connectivity index (χ1) is 18.7. The van der Waals surface area contributed by atoms with Gasteiger partial charge >= 0.3 is 0 Å². The van der Waals surface area contributed by atoms with Crippen LogP contribution in [0.15, 0.2) is 122 Å². The number of hydrogen-bond donors (Lipinski definition) is 4. The van der Waals surface area contributed by atoms with Gasteiger partial charge in [-0.3, -0.25) is 4.55 Å². The number of nitrogen functional groups attached to an aromatic ring is 3. The average molecular weight is 538 g/mol. The minimum atomic E-state index is -4.38. The van der Waals surface area contributed by atoms with Crippen molar-refractivity contribution in [3.8, 4) is 11.1 Å². The van der Waals surface area contributed by atoms with Gasteiger partial charge in [-0.15, -0.1) is 10.2 Å². The van der Waals surface area contributed by atoms with Crippen LogP contribution in [0.25, 0.3) is 21.9 Å². The number of benzene rings is 5. The lowest BCUT2D eigenvalue weighted by molar-refractivity contribution is 0.483. The molecule has 0 saturated carbocycles. The summed E-state index contributed by atoms with van der Waals surface area (Å²) in [5.74, 6) is 0. The molecular weight excluding hydrogens is 514 g/mol. The maximum Gasteiger partial charge on any atom is 0.294 e. The van der Waals surface area contributed by atoms with Gasteiger partial charge in [-0.2, -0.15) is 18.6 Å². The van der Waals surface area contributed by atoms with Crippen molar-refractivity contribution in [3.63, 3.8) is 0 Å². The predicted octanol–water partition coefficient (Wildman–Crippen LogP) is 7.33. The highest BCUT2D eigenvalue weighted by molar-refractivity contribution is 7.85. The van der Waals surface area contributed by atoms with Crippen molar-refractivity contribution >= 4 is 60.7 Å². The second-order valence-corrected chi connectivity index (χ2v) is 10.1. The first kappa shape index (κ1) is 25.5. The molecule has 0 heterocycles. The summed E-state index contributed by atoms with van der Waals surface area (Å²) < 4.78 is 32.6. The van der Waals surface area contributed by atoms with Crippen LogP contribution in [0.3, 0.4) is 0 Å². The number of rotatable bonds is 6. The molecule has 5 aromatic rings. The van der Waals surface area contributed by atoms with Gasteiger partial charge in [0.2, 0.25) is 0 Å². The third kappa shape index (κ3) is 5.74. The van der Waals surface area contributed by atoms with E-state index in [2.05, 4.69) is 20.5 Å². The van der Waals surface area contributed by atoms with E-state index >= 15 is 0 Å². The Morgan fingerprint density at radius 1 is 0.538 bits per heavy atom. The van der Waals surface area contributed by atoms with E-state index in [0.29, 0.717) is 50.6 Å². The normalized spacial score (nSPS) is 12.0. The van der Waals surface area contributed by atoms with Crippen LogP contribution in [0.4, 0.5) is 39.8 Å². The number of nitrogens with zero attached hydrogens (tertiary/aromatic N) is 4. The monoisotopic (exact) mass is 537 g/mol. The Morgan fingerprint density at radius 3 is 1.67 bits per heavy atom. The van der Waals surface area contributed by atoms with Gasteiger partial charge in [-0.05, 0) is 77.9 Å². The summed E-state index contributed by atoms with van der Waals surface area (Å²) in [5.41, 5.74) is 23.3. The Balaban J connectivity index is 1.34. The van der Waals surface area contributed by atoms with Gasteiger partial charge in [-0.1, -0.05) is 30.3 Å². The van der Waals surface area contributed by atoms with Crippen molar-refractivity contribution in [3.05, 3.63) is 97.1 Å². The average Bonchev–Trinajstić information content (AvgIpc) is 2.92. The highest BCUT2D eigenvalue weighted by atomic mass is 32.2. The summed E-state index contributed by atoms with van der Waals surface area (Å²) in [4.78, 5) is -0.247. The molecule has 194 valence electrons. The Bertz CT molecular complexity index is 1850. The molecular formula is C28H23N7O3S. The zero-order valence-electron chi connectivity index (χ0n) is 20.4. The van der Waals surface area contributed by atoms with Crippen LogP contribution in [-0.2, 0) is 10.1 Å². The summed E-state index contributed by atoms with van der Waals surface area (Å²) >= 11 is 0. The second-order valence-electron chi connectivity index (χ2n) is 8.67. The molecule has 0 spiro atoms. The number of anilines is 3. The van der Waals surface area contributed by atoms with Gasteiger partial charge in [0, 0.05) is 22.1 Å². The molecule has 5 aromatic carbocycles. The van der Waals surface area contributed by atoms with Crippen LogP contribution in [0.1, 0.15) is 0 Å². The highest BCUT2D eigenvalue weighted by Gasteiger charge is 2.13. The molecule has 0 amide bonds. The molecule has 7 N–H and O–H groups in total. The molecule has 0 atom stereocenters. The number of azo groups is 2. The van der Waals surface area contributed by atoms with E-state index in [1.165, 1.54) is 18.2 Å². The molecule has 0 aliphatic heterocycles. The van der Waals surface area contributed by atoms with Crippen LogP contribution in [0.2, 0.25) is 0 Å². The summed E-state index contributed by atoms with van der Waals surface area (Å²) in [6, 6.07) is 27.6. The maximum absolute atomic E-state index is 11.6. The van der Waals surface area contributed by atoms with Crippen molar-refractivity contribution in [2.45, 2.75) is 4.90 Å². The molecule has 39 heavy (non-hydrogen) atoms. The van der Waals surface area contributed by atoms with Gasteiger partial charge in [0.05, 0.1) is 27.6 Å². The van der Waals surface area contributed by atoms with Crippen molar-refractivity contribution in [1.82, 2.24) is 0 Å². The fourth-order valence-corrected chi connectivity index (χ4v) is 4.42. The molecule has 0 radical (unpaired) electrons. The van der Waals surface area contributed by atoms with Crippen molar-refractivity contribution < 1.29 is 13.0 Å². The Hall–Kier alpha value is -5.13. The van der Waals surface area contributed by atoms with Crippen LogP contribution in [0, 0.1) is 0 Å². The van der Waals surface area contributed by atoms with E-state index in [1.54, 1.807) is 30.3 Å². The van der Waals surface area contributed by atoms with Crippen molar-refractivity contribution in [1.29, 1.82) is 0 Å². The van der Waals surface area contributed by atoms with Crippen LogP contribution in [-0.4, -0.2) is 13.0 Å². The minimum Gasteiger partial charge on any atom is -0.399 e. The molecule has 0 aromatic heterocycles. The van der Waals surface area contributed by atoms with Crippen LogP contribution in [0.5, 0.6) is 0 Å². The van der Waals surface area contributed by atoms with Crippen LogP contribution < -0.4 is 17.2 Å². The molecule has 0 bridgehead atoms. The van der Waals surface area contributed by atoms with E-state index in [4.69, 9.17) is 17.2 Å². The predicted molar refractivity (Wildman–Crippen MR) is 154 cm³/mol. The number of fused-ring (bicyclic) bond motifs is 1. The van der Waals surface area contributed by atoms with E-state index in [9.17, 15) is 13.0 Å². The topological polar surface area (TPSA) is 182 Å². The zero-order valence-corrected chi connectivity index (χ0v) is 21.2. The molecule has 0 fully saturated rings. The molecule has 0 unspecified atom stereocenters. The summed E-state index contributed by atoms with van der Waals surface area (Å²) in [7, 11) is -4.38. The van der Waals surface area contributed by atoms with E-state index in [-0.39, 0.29) is 4.90 Å². The molecule has 11 heteroatoms. The van der Waals surface area contributed by atoms with E-state index in [0.717, 1.165) is 11.1 Å². The number of hydrogen-bond acceptors (Lipinski definition) is 9. The first-order valence-electron chi connectivity index (χ1n) is 11.7. The SMILES string of the molecule is Nc1ccc(N=Nc2ccc(-c3ccc(N=Nc4ccc(N)c5ccc(S(=O)(=O)O)cc45)cc3)cc2)c(N)c1. The highest BCUT2D eigenvalue weighted by Crippen LogP contribution is 2.34. The largest absolute Gasteiger partial charge is 0.399 e. The van der Waals surface area contributed by atoms with Crippen LogP contribution >= 0.6 is 0 Å². The van der Waals surface area contributed by atoms with Crippen molar-refractivity contribution in [2.24, 2.45) is 20.5 Å². The summed E-state index contributed by atoms with van der Waals surface area (Å²) in [6.07, 6.45) is 0. The Morgan fingerprint density at radius 2 is 1.10 bits per heavy atom. The van der Waals surface area contributed by atoms with Gasteiger partial charge in [0.1, 0.15) is 5.69 Å². The lowest BCUT2D eigenvalue weighted by Crippen LogP contribution is -1.98. The second kappa shape index (κ2) is 10.3. The van der Waals surface area contributed by atoms with Gasteiger partial charge in [-0.25, -0.2) is 0 Å². The standard InChI is InChI=1S/C28H23N7O3S/c29-19-5-13-28(26(31)15-19)35-33-21-8-3-18(4-9-21)17-1-6-20(7-2-17)32-34-27-14-12-25(30)23-11-10-22(16-24(23)27)39(36,37)38/h1-16H,29-31H2,(H,36,37,38). The first-order valence-corrected chi connectivity index (χ1v) is 13.1.